The average Bonchev–Trinajstić information content (AvgIpc) is 2.05. The van der Waals surface area contributed by atoms with Gasteiger partial charge < -0.3 is 10.8 Å². The molecule has 1 rings (SSSR count). The van der Waals surface area contributed by atoms with Crippen LogP contribution in [0, 0.1) is 0 Å². The largest absolute Gasteiger partial charge is 0.394 e. The molecule has 0 aromatic carbocycles. The lowest BCUT2D eigenvalue weighted by Crippen LogP contribution is -2.37. The Morgan fingerprint density at radius 1 is 1.75 bits per heavy atom. The number of hydrogen-bond acceptors (Lipinski definition) is 3. The quantitative estimate of drug-likeness (QED) is 0.747. The Morgan fingerprint density at radius 2 is 2.42 bits per heavy atom. The number of nitrogens with two attached hydrogens (primary N) is 1. The molecule has 3 N–H and O–H groups in total. The minimum atomic E-state index is -0.729. The first kappa shape index (κ1) is 9.64. The van der Waals surface area contributed by atoms with E-state index in [9.17, 15) is 0 Å². The maximum Gasteiger partial charge on any atom is 0.111 e. The smallest absolute Gasteiger partial charge is 0.111 e. The van der Waals surface area contributed by atoms with Gasteiger partial charge in [0.05, 0.1) is 12.1 Å². The van der Waals surface area contributed by atoms with Crippen LogP contribution in [0.25, 0.3) is 0 Å². The van der Waals surface area contributed by atoms with Crippen molar-refractivity contribution in [1.82, 2.24) is 4.98 Å². The fraction of sp³-hybridized carbons (Fsp3) is 0.375. The molecule has 0 aliphatic carbocycles. The van der Waals surface area contributed by atoms with Crippen molar-refractivity contribution in [2.45, 2.75) is 12.5 Å². The molecule has 66 valence electrons. The van der Waals surface area contributed by atoms with Crippen molar-refractivity contribution in [1.29, 1.82) is 0 Å². The van der Waals surface area contributed by atoms with E-state index in [0.29, 0.717) is 4.60 Å². The number of halogens is 1. The number of nitrogens with zero attached hydrogens (tertiary/aromatic N) is 1. The maximum absolute atomic E-state index is 9.00. The highest BCUT2D eigenvalue weighted by Crippen LogP contribution is 2.23. The highest BCUT2D eigenvalue weighted by Gasteiger charge is 2.22. The summed E-state index contributed by atoms with van der Waals surface area (Å²) in [5, 5.41) is 9.00. The monoisotopic (exact) mass is 230 g/mol. The van der Waals surface area contributed by atoms with E-state index >= 15 is 0 Å². The third kappa shape index (κ3) is 1.83. The van der Waals surface area contributed by atoms with Crippen molar-refractivity contribution >= 4 is 15.9 Å². The summed E-state index contributed by atoms with van der Waals surface area (Å²) in [4.78, 5) is 4.02. The van der Waals surface area contributed by atoms with E-state index in [1.807, 2.05) is 6.07 Å². The number of hydrogen-bond donors (Lipinski definition) is 2. The molecule has 1 heterocycles. The highest BCUT2D eigenvalue weighted by atomic mass is 79.9. The van der Waals surface area contributed by atoms with Gasteiger partial charge >= 0.3 is 0 Å². The van der Waals surface area contributed by atoms with Gasteiger partial charge in [0, 0.05) is 11.8 Å². The standard InChI is InChI=1S/C8H11BrN2O/c1-8(10,5-12)6-3-2-4-11-7(6)9/h2-4,12H,5,10H2,1H3. The second-order valence-electron chi connectivity index (χ2n) is 2.92. The number of aliphatic hydroxyl groups is 1. The maximum atomic E-state index is 9.00. The summed E-state index contributed by atoms with van der Waals surface area (Å²) in [6, 6.07) is 3.63. The Morgan fingerprint density at radius 3 is 2.92 bits per heavy atom. The summed E-state index contributed by atoms with van der Waals surface area (Å²) < 4.78 is 0.684. The van der Waals surface area contributed by atoms with Gasteiger partial charge in [-0.2, -0.15) is 0 Å². The van der Waals surface area contributed by atoms with Crippen LogP contribution in [0.4, 0.5) is 0 Å². The van der Waals surface area contributed by atoms with Gasteiger partial charge in [0.1, 0.15) is 4.60 Å². The molecule has 0 saturated carbocycles. The molecule has 12 heavy (non-hydrogen) atoms. The van der Waals surface area contributed by atoms with Crippen LogP contribution in [0.5, 0.6) is 0 Å². The molecule has 1 aromatic rings. The summed E-state index contributed by atoms with van der Waals surface area (Å²) in [7, 11) is 0. The van der Waals surface area contributed by atoms with E-state index in [1.165, 1.54) is 0 Å². The van der Waals surface area contributed by atoms with Crippen LogP contribution in [0.1, 0.15) is 12.5 Å². The van der Waals surface area contributed by atoms with Crippen molar-refractivity contribution in [3.05, 3.63) is 28.5 Å². The van der Waals surface area contributed by atoms with E-state index in [2.05, 4.69) is 20.9 Å². The van der Waals surface area contributed by atoms with Gasteiger partial charge in [-0.3, -0.25) is 0 Å². The number of pyridine rings is 1. The summed E-state index contributed by atoms with van der Waals surface area (Å²) >= 11 is 3.27. The first-order chi connectivity index (χ1) is 5.58. The van der Waals surface area contributed by atoms with Gasteiger partial charge in [0.15, 0.2) is 0 Å². The van der Waals surface area contributed by atoms with E-state index < -0.39 is 5.54 Å². The van der Waals surface area contributed by atoms with E-state index in [0.717, 1.165) is 5.56 Å². The van der Waals surface area contributed by atoms with Crippen molar-refractivity contribution in [2.75, 3.05) is 6.61 Å². The van der Waals surface area contributed by atoms with Gasteiger partial charge in [-0.15, -0.1) is 0 Å². The molecule has 0 fully saturated rings. The zero-order valence-electron chi connectivity index (χ0n) is 6.79. The third-order valence-corrected chi connectivity index (χ3v) is 2.33. The first-order valence-electron chi connectivity index (χ1n) is 3.58. The first-order valence-corrected chi connectivity index (χ1v) is 4.38. The van der Waals surface area contributed by atoms with Crippen molar-refractivity contribution in [3.8, 4) is 0 Å². The van der Waals surface area contributed by atoms with Crippen molar-refractivity contribution in [2.24, 2.45) is 5.73 Å². The van der Waals surface area contributed by atoms with Crippen LogP contribution in [0.3, 0.4) is 0 Å². The molecule has 1 aromatic heterocycles. The molecule has 3 nitrogen and oxygen atoms in total. The Bertz CT molecular complexity index is 276. The van der Waals surface area contributed by atoms with Crippen LogP contribution in [-0.2, 0) is 5.54 Å². The summed E-state index contributed by atoms with van der Waals surface area (Å²) in [6.07, 6.45) is 1.67. The highest BCUT2D eigenvalue weighted by molar-refractivity contribution is 9.10. The average molecular weight is 231 g/mol. The van der Waals surface area contributed by atoms with Gasteiger partial charge in [-0.1, -0.05) is 6.07 Å². The summed E-state index contributed by atoms with van der Waals surface area (Å²) in [5.41, 5.74) is 5.90. The summed E-state index contributed by atoms with van der Waals surface area (Å²) in [5.74, 6) is 0. The molecular weight excluding hydrogens is 220 g/mol. The van der Waals surface area contributed by atoms with Crippen LogP contribution in [-0.4, -0.2) is 16.7 Å². The lowest BCUT2D eigenvalue weighted by atomic mass is 9.96. The number of rotatable bonds is 2. The molecule has 4 heteroatoms. The SMILES string of the molecule is CC(N)(CO)c1cccnc1Br. The van der Waals surface area contributed by atoms with Gasteiger partial charge in [-0.25, -0.2) is 4.98 Å². The van der Waals surface area contributed by atoms with Crippen molar-refractivity contribution in [3.63, 3.8) is 0 Å². The van der Waals surface area contributed by atoms with E-state index in [1.54, 1.807) is 19.2 Å². The van der Waals surface area contributed by atoms with Crippen LogP contribution in [0.2, 0.25) is 0 Å². The Labute approximate surface area is 79.7 Å². The minimum absolute atomic E-state index is 0.0999. The van der Waals surface area contributed by atoms with E-state index in [4.69, 9.17) is 10.8 Å². The zero-order valence-corrected chi connectivity index (χ0v) is 8.37. The molecule has 0 bridgehead atoms. The second-order valence-corrected chi connectivity index (χ2v) is 3.67. The lowest BCUT2D eigenvalue weighted by Gasteiger charge is -2.22. The predicted octanol–water partition coefficient (Wildman–Crippen LogP) is 1.01. The molecule has 1 atom stereocenters. The van der Waals surface area contributed by atoms with Gasteiger partial charge in [-0.05, 0) is 28.9 Å². The Kier molecular flexibility index (Phi) is 2.82. The third-order valence-electron chi connectivity index (χ3n) is 1.70. The van der Waals surface area contributed by atoms with Gasteiger partial charge in [0.25, 0.3) is 0 Å². The van der Waals surface area contributed by atoms with Crippen molar-refractivity contribution < 1.29 is 5.11 Å². The molecule has 0 aliphatic rings. The molecule has 1 unspecified atom stereocenters. The molecule has 0 spiro atoms. The van der Waals surface area contributed by atoms with Crippen LogP contribution in [0.15, 0.2) is 22.9 Å². The fourth-order valence-corrected chi connectivity index (χ4v) is 1.60. The zero-order chi connectivity index (χ0) is 9.19. The lowest BCUT2D eigenvalue weighted by molar-refractivity contribution is 0.209. The van der Waals surface area contributed by atoms with Gasteiger partial charge in [0.2, 0.25) is 0 Å². The summed E-state index contributed by atoms with van der Waals surface area (Å²) in [6.45, 7) is 1.66. The minimum Gasteiger partial charge on any atom is -0.394 e. The molecular formula is C8H11BrN2O. The normalized spacial score (nSPS) is 15.7. The topological polar surface area (TPSA) is 59.1 Å². The Balaban J connectivity index is 3.10. The molecule has 0 saturated heterocycles. The second kappa shape index (κ2) is 3.51. The number of aliphatic hydroxyl groups excluding tert-OH is 1. The Hall–Kier alpha value is -0.450. The molecule has 0 amide bonds. The number of aromatic nitrogens is 1. The molecule has 0 radical (unpaired) electrons. The van der Waals surface area contributed by atoms with E-state index in [-0.39, 0.29) is 6.61 Å². The fourth-order valence-electron chi connectivity index (χ4n) is 0.897. The van der Waals surface area contributed by atoms with Crippen LogP contribution < -0.4 is 5.73 Å². The molecule has 0 aliphatic heterocycles. The van der Waals surface area contributed by atoms with Crippen LogP contribution >= 0.6 is 15.9 Å². The predicted molar refractivity (Wildman–Crippen MR) is 50.6 cm³/mol.